The number of carbonyl (C=O) groups excluding carboxylic acids is 1. The van der Waals surface area contributed by atoms with Gasteiger partial charge in [0.1, 0.15) is 11.6 Å². The van der Waals surface area contributed by atoms with E-state index in [1.54, 1.807) is 0 Å². The Labute approximate surface area is 272 Å². The number of imidazole rings is 1. The number of aromatic nitrogens is 4. The highest BCUT2D eigenvalue weighted by molar-refractivity contribution is 7.80. The van der Waals surface area contributed by atoms with Crippen LogP contribution in [0.2, 0.25) is 0 Å². The Morgan fingerprint density at radius 1 is 1.04 bits per heavy atom. The average Bonchev–Trinajstić information content (AvgIpc) is 3.75. The summed E-state index contributed by atoms with van der Waals surface area (Å²) in [6.45, 7) is 3.76. The highest BCUT2D eigenvalue weighted by Gasteiger charge is 2.35. The van der Waals surface area contributed by atoms with Gasteiger partial charge in [-0.05, 0) is 62.1 Å². The maximum Gasteiger partial charge on any atom is 0.227 e. The molecule has 0 saturated carbocycles. The Kier molecular flexibility index (Phi) is 7.69. The van der Waals surface area contributed by atoms with Crippen LogP contribution in [0.25, 0.3) is 38.5 Å². The molecule has 232 valence electrons. The number of thiocarbonyl (C=S) groups is 1. The minimum atomic E-state index is -1.02. The molecule has 3 aromatic heterocycles. The molecular weight excluding hydrogens is 627 g/mol. The van der Waals surface area contributed by atoms with Crippen LogP contribution in [0.1, 0.15) is 48.1 Å². The van der Waals surface area contributed by atoms with Crippen molar-refractivity contribution in [1.82, 2.24) is 19.7 Å². The lowest BCUT2D eigenvalue weighted by atomic mass is 9.99. The molecule has 1 aliphatic rings. The van der Waals surface area contributed by atoms with E-state index in [0.29, 0.717) is 46.5 Å². The SMILES string of the molecule is Cc1noc(C)c1-c1ccc2c(c1)nc([C@@H]1CCCC(=O)N1c1ccc(F)c(F)c1)n2-c1nc(-c2ccc(CC(N)=S)cc2)cs1. The van der Waals surface area contributed by atoms with Crippen LogP contribution < -0.4 is 10.6 Å². The molecule has 1 atom stereocenters. The predicted molar refractivity (Wildman–Crippen MR) is 178 cm³/mol. The number of hydrogen-bond acceptors (Lipinski definition) is 7. The number of thiazole rings is 1. The number of rotatable bonds is 7. The van der Waals surface area contributed by atoms with Crippen LogP contribution in [0, 0.1) is 25.5 Å². The molecule has 3 aromatic carbocycles. The van der Waals surface area contributed by atoms with Gasteiger partial charge in [0.15, 0.2) is 16.8 Å². The van der Waals surface area contributed by atoms with Crippen molar-refractivity contribution in [3.8, 4) is 27.5 Å². The van der Waals surface area contributed by atoms with Gasteiger partial charge in [-0.15, -0.1) is 11.3 Å². The summed E-state index contributed by atoms with van der Waals surface area (Å²) < 4.78 is 35.7. The zero-order valence-corrected chi connectivity index (χ0v) is 26.6. The highest BCUT2D eigenvalue weighted by Crippen LogP contribution is 2.40. The molecule has 0 spiro atoms. The number of nitrogens with two attached hydrogens (primary N) is 1. The van der Waals surface area contributed by atoms with E-state index in [9.17, 15) is 13.6 Å². The van der Waals surface area contributed by atoms with Crippen molar-refractivity contribution >= 4 is 51.2 Å². The van der Waals surface area contributed by atoms with Crippen LogP contribution in [0.5, 0.6) is 0 Å². The molecule has 1 amide bonds. The molecule has 7 rings (SSSR count). The molecule has 4 heterocycles. The summed E-state index contributed by atoms with van der Waals surface area (Å²) in [5.41, 5.74) is 12.8. The number of nitrogens with zero attached hydrogens (tertiary/aromatic N) is 5. The Hall–Kier alpha value is -4.81. The number of halogens is 2. The van der Waals surface area contributed by atoms with Crippen LogP contribution in [0.4, 0.5) is 14.5 Å². The fraction of sp³-hybridized carbons (Fsp3) is 0.206. The third-order valence-corrected chi connectivity index (χ3v) is 9.21. The second-order valence-corrected chi connectivity index (χ2v) is 12.7. The first-order chi connectivity index (χ1) is 22.2. The number of carbonyl (C=O) groups is 1. The second-order valence-electron chi connectivity index (χ2n) is 11.3. The Morgan fingerprint density at radius 2 is 1.83 bits per heavy atom. The molecule has 1 saturated heterocycles. The zero-order chi connectivity index (χ0) is 32.1. The molecule has 2 N–H and O–H groups in total. The van der Waals surface area contributed by atoms with Crippen molar-refractivity contribution in [1.29, 1.82) is 0 Å². The molecule has 12 heteroatoms. The van der Waals surface area contributed by atoms with Gasteiger partial charge in [0.25, 0.3) is 0 Å². The minimum absolute atomic E-state index is 0.186. The Bertz CT molecular complexity index is 2120. The minimum Gasteiger partial charge on any atom is -0.393 e. The number of benzene rings is 3. The van der Waals surface area contributed by atoms with E-state index in [4.69, 9.17) is 32.4 Å². The van der Waals surface area contributed by atoms with Crippen molar-refractivity contribution < 1.29 is 18.1 Å². The van der Waals surface area contributed by atoms with Crippen LogP contribution in [-0.4, -0.2) is 30.6 Å². The molecule has 0 bridgehead atoms. The molecule has 6 aromatic rings. The molecule has 46 heavy (non-hydrogen) atoms. The van der Waals surface area contributed by atoms with E-state index in [0.717, 1.165) is 51.3 Å². The lowest BCUT2D eigenvalue weighted by Gasteiger charge is -2.35. The van der Waals surface area contributed by atoms with Gasteiger partial charge in [0.2, 0.25) is 5.91 Å². The zero-order valence-electron chi connectivity index (χ0n) is 25.0. The summed E-state index contributed by atoms with van der Waals surface area (Å²) in [6.07, 6.45) is 2.01. The lowest BCUT2D eigenvalue weighted by molar-refractivity contribution is -0.120. The Balaban J connectivity index is 1.38. The first kappa shape index (κ1) is 29.9. The van der Waals surface area contributed by atoms with Crippen LogP contribution in [-0.2, 0) is 11.2 Å². The summed E-state index contributed by atoms with van der Waals surface area (Å²) in [5, 5.41) is 6.75. The molecule has 1 aliphatic heterocycles. The van der Waals surface area contributed by atoms with Gasteiger partial charge in [-0.3, -0.25) is 9.36 Å². The molecule has 8 nitrogen and oxygen atoms in total. The number of piperidine rings is 1. The van der Waals surface area contributed by atoms with Crippen LogP contribution in [0.3, 0.4) is 0 Å². The first-order valence-electron chi connectivity index (χ1n) is 14.7. The van der Waals surface area contributed by atoms with E-state index in [2.05, 4.69) is 5.16 Å². The van der Waals surface area contributed by atoms with Gasteiger partial charge in [-0.2, -0.15) is 0 Å². The fourth-order valence-corrected chi connectivity index (χ4v) is 7.16. The Morgan fingerprint density at radius 3 is 2.54 bits per heavy atom. The number of fused-ring (bicyclic) bond motifs is 1. The third-order valence-electron chi connectivity index (χ3n) is 8.24. The van der Waals surface area contributed by atoms with E-state index >= 15 is 0 Å². The fourth-order valence-electron chi connectivity index (χ4n) is 6.14. The quantitative estimate of drug-likeness (QED) is 0.175. The topological polar surface area (TPSA) is 103 Å². The smallest absolute Gasteiger partial charge is 0.227 e. The molecule has 0 radical (unpaired) electrons. The van der Waals surface area contributed by atoms with Crippen LogP contribution in [0.15, 0.2) is 70.6 Å². The van der Waals surface area contributed by atoms with Gasteiger partial charge in [-0.25, -0.2) is 18.7 Å². The van der Waals surface area contributed by atoms with E-state index < -0.39 is 17.7 Å². The van der Waals surface area contributed by atoms with Gasteiger partial charge in [0, 0.05) is 41.1 Å². The second kappa shape index (κ2) is 11.8. The summed E-state index contributed by atoms with van der Waals surface area (Å²) >= 11 is 6.50. The first-order valence-corrected chi connectivity index (χ1v) is 16.0. The summed E-state index contributed by atoms with van der Waals surface area (Å²) in [4.78, 5) is 25.5. The predicted octanol–water partition coefficient (Wildman–Crippen LogP) is 7.79. The van der Waals surface area contributed by atoms with E-state index in [-0.39, 0.29) is 18.0 Å². The van der Waals surface area contributed by atoms with Gasteiger partial charge in [-0.1, -0.05) is 47.7 Å². The maximum atomic E-state index is 14.4. The van der Waals surface area contributed by atoms with Gasteiger partial charge < -0.3 is 15.2 Å². The molecular formula is C34H28F2N6O2S2. The summed E-state index contributed by atoms with van der Waals surface area (Å²) in [6, 6.07) is 16.9. The molecule has 1 fully saturated rings. The molecule has 0 aliphatic carbocycles. The van der Waals surface area contributed by atoms with Crippen molar-refractivity contribution in [3.05, 3.63) is 101 Å². The third kappa shape index (κ3) is 5.37. The lowest BCUT2D eigenvalue weighted by Crippen LogP contribution is -2.39. The van der Waals surface area contributed by atoms with Gasteiger partial charge >= 0.3 is 0 Å². The number of hydrogen-bond donors (Lipinski definition) is 1. The van der Waals surface area contributed by atoms with E-state index in [1.165, 1.54) is 22.3 Å². The number of anilines is 1. The molecule has 0 unspecified atom stereocenters. The summed E-state index contributed by atoms with van der Waals surface area (Å²) in [5.74, 6) is -0.901. The number of amides is 1. The monoisotopic (exact) mass is 654 g/mol. The average molecular weight is 655 g/mol. The van der Waals surface area contributed by atoms with E-state index in [1.807, 2.05) is 66.3 Å². The number of aryl methyl sites for hydroxylation is 2. The normalized spacial score (nSPS) is 15.2. The van der Waals surface area contributed by atoms with Crippen molar-refractivity contribution in [2.75, 3.05) is 4.90 Å². The largest absolute Gasteiger partial charge is 0.393 e. The standard InChI is InChI=1S/C34H28F2N6O2S2/c1-18-32(19(2)44-40-18)22-10-13-28-26(15-22)38-33(29-4-3-5-31(43)41(29)23-11-12-24(35)25(36)16-23)42(28)34-39-27(17-46-34)21-8-6-20(7-9-21)14-30(37)45/h6-13,15-17,29H,3-5,14H2,1-2H3,(H2,37,45)/t29-/m0/s1. The van der Waals surface area contributed by atoms with Crippen molar-refractivity contribution in [3.63, 3.8) is 0 Å². The maximum absolute atomic E-state index is 14.4. The highest BCUT2D eigenvalue weighted by atomic mass is 32.1. The summed E-state index contributed by atoms with van der Waals surface area (Å²) in [7, 11) is 0. The van der Waals surface area contributed by atoms with Crippen LogP contribution >= 0.6 is 23.6 Å². The van der Waals surface area contributed by atoms with Crippen molar-refractivity contribution in [2.45, 2.75) is 45.6 Å². The van der Waals surface area contributed by atoms with Gasteiger partial charge in [0.05, 0.1) is 33.5 Å². The van der Waals surface area contributed by atoms with Crippen molar-refractivity contribution in [2.24, 2.45) is 5.73 Å².